The number of rotatable bonds is 46. The van der Waals surface area contributed by atoms with Crippen LogP contribution in [0.2, 0.25) is 0 Å². The van der Waals surface area contributed by atoms with E-state index in [0.29, 0.717) is 0 Å². The molecular weight excluding hydrogens is 680 g/mol. The summed E-state index contributed by atoms with van der Waals surface area (Å²) in [5.74, 6) is 6.71. The fourth-order valence-electron chi connectivity index (χ4n) is 8.22. The van der Waals surface area contributed by atoms with Crippen molar-refractivity contribution in [2.75, 3.05) is 0 Å². The molecule has 0 fully saturated rings. The first-order chi connectivity index (χ1) is 27.4. The lowest BCUT2D eigenvalue weighted by Crippen LogP contribution is -1.84. The molecule has 0 spiro atoms. The van der Waals surface area contributed by atoms with Gasteiger partial charge in [0, 0.05) is 12.8 Å². The predicted octanol–water partition coefficient (Wildman–Crippen LogP) is 20.6. The van der Waals surface area contributed by atoms with Crippen molar-refractivity contribution >= 4 is 8.58 Å². The van der Waals surface area contributed by atoms with Gasteiger partial charge in [-0.15, -0.1) is 0 Å². The highest BCUT2D eigenvalue weighted by Crippen LogP contribution is 2.18. The smallest absolute Gasteiger partial charge is 0.0972 e. The monoisotopic (exact) mass is 782 g/mol. The average molecular weight is 782 g/mol. The Kier molecular flexibility index (Phi) is 53.1. The summed E-state index contributed by atoms with van der Waals surface area (Å²) in [5, 5.41) is 0. The topological polar surface area (TPSA) is 0 Å². The van der Waals surface area contributed by atoms with Crippen molar-refractivity contribution in [1.82, 2.24) is 0 Å². The second-order valence-electron chi connectivity index (χ2n) is 17.7. The lowest BCUT2D eigenvalue weighted by atomic mass is 10.0. The second kappa shape index (κ2) is 53.6. The van der Waals surface area contributed by atoms with E-state index in [1.165, 1.54) is 295 Å². The summed E-state index contributed by atoms with van der Waals surface area (Å²) in [6.45, 7) is 4.62. The molecule has 0 aromatic rings. The van der Waals surface area contributed by atoms with E-state index in [1.54, 1.807) is 0 Å². The van der Waals surface area contributed by atoms with E-state index in [2.05, 4.69) is 37.0 Å². The maximum atomic E-state index is 3.35. The van der Waals surface area contributed by atoms with Crippen molar-refractivity contribution in [2.24, 2.45) is 0 Å². The first kappa shape index (κ1) is 54.6. The van der Waals surface area contributed by atoms with Crippen molar-refractivity contribution in [1.29, 1.82) is 0 Å². The molecule has 0 bridgehead atoms. The van der Waals surface area contributed by atoms with Crippen LogP contribution in [0, 0.1) is 23.2 Å². The highest BCUT2D eigenvalue weighted by atomic mass is 31.1. The summed E-state index contributed by atoms with van der Waals surface area (Å²) < 4.78 is 0. The Morgan fingerprint density at radius 1 is 0.200 bits per heavy atom. The fourth-order valence-corrected chi connectivity index (χ4v) is 8.65. The predicted molar refractivity (Wildman–Crippen MR) is 255 cm³/mol. The zero-order valence-electron chi connectivity index (χ0n) is 38.4. The molecule has 55 heavy (non-hydrogen) atoms. The Labute approximate surface area is 352 Å². The zero-order chi connectivity index (χ0) is 39.5. The maximum Gasteiger partial charge on any atom is 0.0995 e. The standard InChI is InChI=1S/C54H102P/c1-3-5-7-9-11-13-15-17-19-21-23-25-27-29-31-33-35-37-39-41-43-45-47-49-51-53-55-54-52-50-48-46-44-42-40-38-36-34-32-30-28-26-24-22-20-18-16-14-12-10-8-6-4-2/h3-50H2,1-2H3. The van der Waals surface area contributed by atoms with Gasteiger partial charge in [-0.05, 0) is 12.8 Å². The van der Waals surface area contributed by atoms with Crippen LogP contribution in [0.5, 0.6) is 0 Å². The van der Waals surface area contributed by atoms with Gasteiger partial charge in [0.15, 0.2) is 0 Å². The van der Waals surface area contributed by atoms with Crippen LogP contribution in [0.1, 0.15) is 322 Å². The highest BCUT2D eigenvalue weighted by Gasteiger charge is 1.98. The van der Waals surface area contributed by atoms with Gasteiger partial charge in [-0.2, -0.15) is 0 Å². The quantitative estimate of drug-likeness (QED) is 0.0328. The molecular formula is C54H102P. The van der Waals surface area contributed by atoms with Gasteiger partial charge in [-0.25, -0.2) is 0 Å². The van der Waals surface area contributed by atoms with E-state index in [9.17, 15) is 0 Å². The minimum Gasteiger partial charge on any atom is -0.0972 e. The largest absolute Gasteiger partial charge is 0.0995 e. The molecule has 0 rings (SSSR count). The molecule has 323 valence electrons. The summed E-state index contributed by atoms with van der Waals surface area (Å²) in [4.78, 5) is 0. The van der Waals surface area contributed by atoms with Crippen molar-refractivity contribution in [3.8, 4) is 23.2 Å². The molecule has 0 aliphatic carbocycles. The lowest BCUT2D eigenvalue weighted by molar-refractivity contribution is 0.518. The molecule has 0 aromatic carbocycles. The molecule has 0 aromatic heterocycles. The van der Waals surface area contributed by atoms with E-state index < -0.39 is 0 Å². The Morgan fingerprint density at radius 2 is 0.345 bits per heavy atom. The van der Waals surface area contributed by atoms with E-state index in [1.807, 2.05) is 0 Å². The normalized spacial score (nSPS) is 11.1. The van der Waals surface area contributed by atoms with Crippen LogP contribution in [0.25, 0.3) is 0 Å². The Hall–Kier alpha value is -0.450. The Balaban J connectivity index is 3.17. The Morgan fingerprint density at radius 3 is 0.509 bits per heavy atom. The molecule has 0 unspecified atom stereocenters. The molecule has 0 aliphatic heterocycles. The van der Waals surface area contributed by atoms with Crippen molar-refractivity contribution in [3.05, 3.63) is 0 Å². The third kappa shape index (κ3) is 53.5. The molecule has 0 saturated heterocycles. The molecule has 0 heterocycles. The van der Waals surface area contributed by atoms with Gasteiger partial charge in [0.25, 0.3) is 0 Å². The van der Waals surface area contributed by atoms with Crippen molar-refractivity contribution in [3.63, 3.8) is 0 Å². The molecule has 0 saturated carbocycles. The van der Waals surface area contributed by atoms with E-state index in [4.69, 9.17) is 0 Å². The summed E-state index contributed by atoms with van der Waals surface area (Å²) >= 11 is 0. The van der Waals surface area contributed by atoms with Crippen LogP contribution in [0.3, 0.4) is 0 Å². The van der Waals surface area contributed by atoms with Crippen LogP contribution in [-0.4, -0.2) is 0 Å². The first-order valence-electron chi connectivity index (χ1n) is 26.1. The maximum absolute atomic E-state index is 3.35. The van der Waals surface area contributed by atoms with Crippen LogP contribution in [0.15, 0.2) is 0 Å². The van der Waals surface area contributed by atoms with Gasteiger partial charge in [0.2, 0.25) is 0 Å². The molecule has 0 aliphatic rings. The number of unbranched alkanes of at least 4 members (excludes halogenated alkanes) is 46. The third-order valence-corrected chi connectivity index (χ3v) is 12.6. The van der Waals surface area contributed by atoms with Gasteiger partial charge in [-0.3, -0.25) is 0 Å². The first-order valence-corrected chi connectivity index (χ1v) is 27.0. The van der Waals surface area contributed by atoms with Crippen LogP contribution < -0.4 is 0 Å². The minimum absolute atomic E-state index is 1.02. The molecule has 0 amide bonds. The Bertz CT molecular complexity index is 726. The van der Waals surface area contributed by atoms with Gasteiger partial charge in [-0.1, -0.05) is 320 Å². The summed E-state index contributed by atoms with van der Waals surface area (Å²) in [5.41, 5.74) is 6.53. The summed E-state index contributed by atoms with van der Waals surface area (Å²) in [7, 11) is 1.02. The summed E-state index contributed by atoms with van der Waals surface area (Å²) in [6, 6.07) is 0. The highest BCUT2D eigenvalue weighted by molar-refractivity contribution is 7.49. The van der Waals surface area contributed by atoms with E-state index >= 15 is 0 Å². The summed E-state index contributed by atoms with van der Waals surface area (Å²) in [6.07, 6.45) is 68.7. The average Bonchev–Trinajstić information content (AvgIpc) is 3.20. The second-order valence-corrected chi connectivity index (χ2v) is 18.4. The van der Waals surface area contributed by atoms with Crippen LogP contribution in [0.4, 0.5) is 0 Å². The number of hydrogen-bond acceptors (Lipinski definition) is 0. The molecule has 0 N–H and O–H groups in total. The van der Waals surface area contributed by atoms with Crippen molar-refractivity contribution < 1.29 is 0 Å². The van der Waals surface area contributed by atoms with E-state index in [-0.39, 0.29) is 0 Å². The van der Waals surface area contributed by atoms with Gasteiger partial charge in [0.05, 0.1) is 8.58 Å². The minimum atomic E-state index is 1.02. The van der Waals surface area contributed by atoms with Crippen LogP contribution in [-0.2, 0) is 0 Å². The molecule has 1 heteroatoms. The van der Waals surface area contributed by atoms with E-state index in [0.717, 1.165) is 21.4 Å². The van der Waals surface area contributed by atoms with Gasteiger partial charge < -0.3 is 0 Å². The van der Waals surface area contributed by atoms with Crippen LogP contribution >= 0.6 is 8.58 Å². The number of hydrogen-bond donors (Lipinski definition) is 0. The van der Waals surface area contributed by atoms with Gasteiger partial charge >= 0.3 is 0 Å². The fraction of sp³-hybridized carbons (Fsp3) is 0.926. The van der Waals surface area contributed by atoms with Gasteiger partial charge in [0.1, 0.15) is 0 Å². The lowest BCUT2D eigenvalue weighted by Gasteiger charge is -2.04. The third-order valence-electron chi connectivity index (χ3n) is 12.1. The molecule has 1 radical (unpaired) electrons. The molecule has 0 atom stereocenters. The van der Waals surface area contributed by atoms with Crippen molar-refractivity contribution in [2.45, 2.75) is 322 Å². The molecule has 0 nitrogen and oxygen atoms in total. The SMILES string of the molecule is CCCCCCCCCCCCCCCCCCCCCCCCCC#C[P]C#CCCCCCCCCCCCCCCCCCCCCCCCCC. The zero-order valence-corrected chi connectivity index (χ0v) is 39.3.